The van der Waals surface area contributed by atoms with E-state index in [1.165, 1.54) is 31.7 Å². The van der Waals surface area contributed by atoms with Crippen molar-refractivity contribution < 1.29 is 13.6 Å². The SMILES string of the molecule is O=C(c1ccc(F)cc1F)N1CCN(c2ccc(N3CCCCCC3)nn2)CC1. The van der Waals surface area contributed by atoms with Crippen molar-refractivity contribution in [2.24, 2.45) is 0 Å². The Hall–Kier alpha value is -2.77. The summed E-state index contributed by atoms with van der Waals surface area (Å²) in [5.74, 6) is -0.233. The highest BCUT2D eigenvalue weighted by Gasteiger charge is 2.25. The van der Waals surface area contributed by atoms with Crippen LogP contribution in [0.15, 0.2) is 30.3 Å². The van der Waals surface area contributed by atoms with Crippen LogP contribution in [-0.2, 0) is 0 Å². The summed E-state index contributed by atoms with van der Waals surface area (Å²) in [6, 6.07) is 7.04. The number of hydrogen-bond acceptors (Lipinski definition) is 5. The predicted molar refractivity (Wildman–Crippen MR) is 107 cm³/mol. The van der Waals surface area contributed by atoms with Crippen molar-refractivity contribution in [1.29, 1.82) is 0 Å². The number of rotatable bonds is 3. The Morgan fingerprint density at radius 2 is 1.34 bits per heavy atom. The standard InChI is InChI=1S/C21H25F2N5O/c22-16-5-6-17(18(23)15-16)21(29)28-13-11-27(12-14-28)20-8-7-19(24-25-20)26-9-3-1-2-4-10-26/h5-8,15H,1-4,9-14H2. The molecule has 1 aromatic carbocycles. The summed E-state index contributed by atoms with van der Waals surface area (Å²) in [5, 5.41) is 8.80. The summed E-state index contributed by atoms with van der Waals surface area (Å²) in [4.78, 5) is 18.5. The van der Waals surface area contributed by atoms with E-state index in [9.17, 15) is 13.6 Å². The van der Waals surface area contributed by atoms with E-state index in [-0.39, 0.29) is 5.56 Å². The van der Waals surface area contributed by atoms with Crippen molar-refractivity contribution in [2.45, 2.75) is 25.7 Å². The minimum absolute atomic E-state index is 0.0959. The van der Waals surface area contributed by atoms with Gasteiger partial charge in [-0.05, 0) is 37.1 Å². The zero-order valence-electron chi connectivity index (χ0n) is 16.4. The van der Waals surface area contributed by atoms with Gasteiger partial charge in [-0.15, -0.1) is 10.2 Å². The van der Waals surface area contributed by atoms with Crippen molar-refractivity contribution in [2.75, 3.05) is 49.1 Å². The lowest BCUT2D eigenvalue weighted by Gasteiger charge is -2.35. The Bertz CT molecular complexity index is 845. The summed E-state index contributed by atoms with van der Waals surface area (Å²) in [7, 11) is 0. The zero-order chi connectivity index (χ0) is 20.2. The number of nitrogens with zero attached hydrogens (tertiary/aromatic N) is 5. The van der Waals surface area contributed by atoms with Gasteiger partial charge in [0.15, 0.2) is 11.6 Å². The van der Waals surface area contributed by atoms with Crippen LogP contribution in [-0.4, -0.2) is 60.3 Å². The molecule has 1 amide bonds. The summed E-state index contributed by atoms with van der Waals surface area (Å²) < 4.78 is 27.0. The third-order valence-corrected chi connectivity index (χ3v) is 5.62. The lowest BCUT2D eigenvalue weighted by atomic mass is 10.1. The maximum atomic E-state index is 13.9. The van der Waals surface area contributed by atoms with Gasteiger partial charge < -0.3 is 14.7 Å². The number of aromatic nitrogens is 2. The van der Waals surface area contributed by atoms with Crippen molar-refractivity contribution in [1.82, 2.24) is 15.1 Å². The van der Waals surface area contributed by atoms with E-state index in [1.807, 2.05) is 12.1 Å². The lowest BCUT2D eigenvalue weighted by molar-refractivity contribution is 0.0741. The lowest BCUT2D eigenvalue weighted by Crippen LogP contribution is -2.49. The molecule has 0 N–H and O–H groups in total. The fourth-order valence-electron chi connectivity index (χ4n) is 3.93. The number of anilines is 2. The Balaban J connectivity index is 1.36. The highest BCUT2D eigenvalue weighted by Crippen LogP contribution is 2.20. The molecule has 0 spiro atoms. The first-order valence-corrected chi connectivity index (χ1v) is 10.2. The fraction of sp³-hybridized carbons (Fsp3) is 0.476. The second-order valence-corrected chi connectivity index (χ2v) is 7.55. The zero-order valence-corrected chi connectivity index (χ0v) is 16.4. The van der Waals surface area contributed by atoms with Crippen LogP contribution in [0.1, 0.15) is 36.0 Å². The van der Waals surface area contributed by atoms with Crippen molar-refractivity contribution in [3.05, 3.63) is 47.5 Å². The first kappa shape index (κ1) is 19.5. The van der Waals surface area contributed by atoms with E-state index in [0.29, 0.717) is 26.2 Å². The van der Waals surface area contributed by atoms with Crippen molar-refractivity contribution in [3.8, 4) is 0 Å². The number of amides is 1. The molecular formula is C21H25F2N5O. The smallest absolute Gasteiger partial charge is 0.256 e. The maximum absolute atomic E-state index is 13.9. The van der Waals surface area contributed by atoms with Gasteiger partial charge in [-0.2, -0.15) is 0 Å². The molecule has 29 heavy (non-hydrogen) atoms. The molecule has 1 aromatic heterocycles. The number of hydrogen-bond donors (Lipinski definition) is 0. The van der Waals surface area contributed by atoms with Crippen LogP contribution in [0.2, 0.25) is 0 Å². The molecule has 2 aliphatic heterocycles. The third kappa shape index (κ3) is 4.46. The number of carbonyl (C=O) groups excluding carboxylic acids is 1. The van der Waals surface area contributed by atoms with Gasteiger partial charge in [0, 0.05) is 45.3 Å². The van der Waals surface area contributed by atoms with E-state index < -0.39 is 17.5 Å². The number of piperazine rings is 1. The van der Waals surface area contributed by atoms with E-state index in [1.54, 1.807) is 4.90 Å². The summed E-state index contributed by atoms with van der Waals surface area (Å²) in [6.45, 7) is 4.12. The summed E-state index contributed by atoms with van der Waals surface area (Å²) in [5.41, 5.74) is -0.0959. The van der Waals surface area contributed by atoms with Gasteiger partial charge >= 0.3 is 0 Å². The number of benzene rings is 1. The highest BCUT2D eigenvalue weighted by atomic mass is 19.1. The van der Waals surface area contributed by atoms with Crippen LogP contribution in [0.25, 0.3) is 0 Å². The van der Waals surface area contributed by atoms with Crippen LogP contribution in [0.5, 0.6) is 0 Å². The average Bonchev–Trinajstić information content (AvgIpc) is 3.03. The largest absolute Gasteiger partial charge is 0.355 e. The van der Waals surface area contributed by atoms with Crippen LogP contribution >= 0.6 is 0 Å². The van der Waals surface area contributed by atoms with Crippen LogP contribution in [0.4, 0.5) is 20.4 Å². The highest BCUT2D eigenvalue weighted by molar-refractivity contribution is 5.94. The summed E-state index contributed by atoms with van der Waals surface area (Å²) >= 11 is 0. The van der Waals surface area contributed by atoms with Crippen molar-refractivity contribution >= 4 is 17.5 Å². The second kappa shape index (κ2) is 8.71. The third-order valence-electron chi connectivity index (χ3n) is 5.62. The van der Waals surface area contributed by atoms with E-state index in [4.69, 9.17) is 0 Å². The molecule has 2 aromatic rings. The minimum Gasteiger partial charge on any atom is -0.355 e. The average molecular weight is 401 g/mol. The number of carbonyl (C=O) groups is 1. The normalized spacial score (nSPS) is 17.9. The van der Waals surface area contributed by atoms with Crippen molar-refractivity contribution in [3.63, 3.8) is 0 Å². The Labute approximate surface area is 169 Å². The quantitative estimate of drug-likeness (QED) is 0.791. The predicted octanol–water partition coefficient (Wildman–Crippen LogP) is 3.10. The molecule has 154 valence electrons. The second-order valence-electron chi connectivity index (χ2n) is 7.55. The monoisotopic (exact) mass is 401 g/mol. The molecule has 0 atom stereocenters. The van der Waals surface area contributed by atoms with Gasteiger partial charge in [-0.1, -0.05) is 12.8 Å². The molecule has 8 heteroatoms. The van der Waals surface area contributed by atoms with Gasteiger partial charge in [0.1, 0.15) is 11.6 Å². The van der Waals surface area contributed by atoms with Gasteiger partial charge in [0.2, 0.25) is 0 Å². The van der Waals surface area contributed by atoms with E-state index in [2.05, 4.69) is 20.0 Å². The molecule has 2 saturated heterocycles. The molecule has 6 nitrogen and oxygen atoms in total. The van der Waals surface area contributed by atoms with E-state index >= 15 is 0 Å². The minimum atomic E-state index is -0.826. The Kier molecular flexibility index (Phi) is 5.87. The molecule has 2 aliphatic rings. The van der Waals surface area contributed by atoms with Crippen LogP contribution in [0.3, 0.4) is 0 Å². The van der Waals surface area contributed by atoms with E-state index in [0.717, 1.165) is 36.9 Å². The Morgan fingerprint density at radius 3 is 1.90 bits per heavy atom. The Morgan fingerprint density at radius 1 is 0.759 bits per heavy atom. The van der Waals surface area contributed by atoms with Crippen LogP contribution < -0.4 is 9.80 Å². The first-order valence-electron chi connectivity index (χ1n) is 10.2. The molecule has 0 aliphatic carbocycles. The van der Waals surface area contributed by atoms with Gasteiger partial charge in [0.25, 0.3) is 5.91 Å². The molecule has 0 unspecified atom stereocenters. The van der Waals surface area contributed by atoms with Gasteiger partial charge in [-0.25, -0.2) is 8.78 Å². The van der Waals surface area contributed by atoms with Gasteiger partial charge in [0.05, 0.1) is 5.56 Å². The van der Waals surface area contributed by atoms with Gasteiger partial charge in [-0.3, -0.25) is 4.79 Å². The molecular weight excluding hydrogens is 376 g/mol. The first-order chi connectivity index (χ1) is 14.1. The maximum Gasteiger partial charge on any atom is 0.256 e. The molecule has 2 fully saturated rings. The van der Waals surface area contributed by atoms with Crippen LogP contribution in [0, 0.1) is 11.6 Å². The molecule has 0 saturated carbocycles. The molecule has 3 heterocycles. The molecule has 4 rings (SSSR count). The topological polar surface area (TPSA) is 52.6 Å². The number of halogens is 2. The molecule has 0 radical (unpaired) electrons. The fourth-order valence-corrected chi connectivity index (χ4v) is 3.93. The molecule has 0 bridgehead atoms. The summed E-state index contributed by atoms with van der Waals surface area (Å²) in [6.07, 6.45) is 4.92.